The van der Waals surface area contributed by atoms with Gasteiger partial charge >= 0.3 is 0 Å². The van der Waals surface area contributed by atoms with E-state index in [1.165, 1.54) is 0 Å². The van der Waals surface area contributed by atoms with Crippen LogP contribution in [-0.4, -0.2) is 4.98 Å². The van der Waals surface area contributed by atoms with Gasteiger partial charge in [0.15, 0.2) is 0 Å². The third-order valence-electron chi connectivity index (χ3n) is 1.64. The number of hydrogen-bond acceptors (Lipinski definition) is 1. The van der Waals surface area contributed by atoms with Crippen LogP contribution >= 0.6 is 12.6 Å². The molecule has 1 aromatic heterocycles. The summed E-state index contributed by atoms with van der Waals surface area (Å²) < 4.78 is 0. The lowest BCUT2D eigenvalue weighted by molar-refractivity contribution is 1.35. The standard InChI is InChI=1S/C9H6NS/c11-9-3-1-2-7-6-10-5-4-8(7)9/h1-6H. The molecule has 2 aromatic rings. The summed E-state index contributed by atoms with van der Waals surface area (Å²) in [7, 11) is 0. The summed E-state index contributed by atoms with van der Waals surface area (Å²) in [6.07, 6.45) is 3.59. The maximum atomic E-state index is 5.13. The van der Waals surface area contributed by atoms with Crippen LogP contribution in [0.4, 0.5) is 0 Å². The summed E-state index contributed by atoms with van der Waals surface area (Å²) in [5.41, 5.74) is 0. The lowest BCUT2D eigenvalue weighted by atomic mass is 10.2. The van der Waals surface area contributed by atoms with E-state index in [2.05, 4.69) is 4.98 Å². The van der Waals surface area contributed by atoms with Crippen molar-refractivity contribution in [3.05, 3.63) is 36.7 Å². The predicted molar refractivity (Wildman–Crippen MR) is 47.6 cm³/mol. The Bertz CT molecular complexity index is 379. The largest absolute Gasteiger partial charge is 0.264 e. The smallest absolute Gasteiger partial charge is 0.0456 e. The second-order valence-electron chi connectivity index (χ2n) is 2.35. The van der Waals surface area contributed by atoms with Crippen LogP contribution < -0.4 is 0 Å². The van der Waals surface area contributed by atoms with E-state index in [0.29, 0.717) is 0 Å². The fraction of sp³-hybridized carbons (Fsp3) is 0. The van der Waals surface area contributed by atoms with Crippen LogP contribution in [0.1, 0.15) is 0 Å². The zero-order chi connectivity index (χ0) is 7.68. The molecule has 0 aliphatic heterocycles. The molecule has 0 unspecified atom stereocenters. The molecule has 0 saturated carbocycles. The topological polar surface area (TPSA) is 12.9 Å². The minimum absolute atomic E-state index is 0.893. The number of aromatic nitrogens is 1. The highest BCUT2D eigenvalue weighted by Crippen LogP contribution is 2.19. The summed E-state index contributed by atoms with van der Waals surface area (Å²) in [4.78, 5) is 4.90. The molecular weight excluding hydrogens is 154 g/mol. The van der Waals surface area contributed by atoms with Crippen molar-refractivity contribution in [1.29, 1.82) is 0 Å². The van der Waals surface area contributed by atoms with Gasteiger partial charge in [-0.25, -0.2) is 0 Å². The molecule has 1 aromatic carbocycles. The number of fused-ring (bicyclic) bond motifs is 1. The van der Waals surface area contributed by atoms with Crippen LogP contribution in [0.15, 0.2) is 41.6 Å². The quantitative estimate of drug-likeness (QED) is 0.577. The second-order valence-corrected chi connectivity index (χ2v) is 2.79. The highest BCUT2D eigenvalue weighted by molar-refractivity contribution is 7.80. The minimum atomic E-state index is 0.893. The molecule has 1 radical (unpaired) electrons. The first-order valence-electron chi connectivity index (χ1n) is 3.38. The van der Waals surface area contributed by atoms with Gasteiger partial charge in [-0.1, -0.05) is 24.8 Å². The first kappa shape index (κ1) is 6.55. The van der Waals surface area contributed by atoms with E-state index in [1.54, 1.807) is 6.20 Å². The van der Waals surface area contributed by atoms with Gasteiger partial charge < -0.3 is 0 Å². The number of pyridine rings is 1. The predicted octanol–water partition coefficient (Wildman–Crippen LogP) is 2.79. The first-order chi connectivity index (χ1) is 5.38. The Morgan fingerprint density at radius 1 is 1.18 bits per heavy atom. The second kappa shape index (κ2) is 2.47. The Kier molecular flexibility index (Phi) is 1.47. The van der Waals surface area contributed by atoms with Gasteiger partial charge in [-0.2, -0.15) is 0 Å². The SMILES string of the molecule is [S]c1cccc2cnccc12. The van der Waals surface area contributed by atoms with E-state index in [4.69, 9.17) is 12.6 Å². The third kappa shape index (κ3) is 1.05. The molecular formula is C9H6NS. The van der Waals surface area contributed by atoms with Gasteiger partial charge in [0.05, 0.1) is 0 Å². The molecule has 0 fully saturated rings. The van der Waals surface area contributed by atoms with E-state index in [0.717, 1.165) is 15.7 Å². The zero-order valence-electron chi connectivity index (χ0n) is 5.82. The molecule has 1 nitrogen and oxygen atoms in total. The molecule has 0 aliphatic rings. The summed E-state index contributed by atoms with van der Waals surface area (Å²) in [5.74, 6) is 0. The van der Waals surface area contributed by atoms with Crippen molar-refractivity contribution in [2.75, 3.05) is 0 Å². The van der Waals surface area contributed by atoms with Crippen LogP contribution in [0.5, 0.6) is 0 Å². The number of nitrogens with zero attached hydrogens (tertiary/aromatic N) is 1. The molecule has 11 heavy (non-hydrogen) atoms. The highest BCUT2D eigenvalue weighted by atomic mass is 32.1. The molecule has 1 heterocycles. The van der Waals surface area contributed by atoms with E-state index in [-0.39, 0.29) is 0 Å². The maximum absolute atomic E-state index is 5.13. The van der Waals surface area contributed by atoms with Crippen LogP contribution in [-0.2, 0) is 0 Å². The van der Waals surface area contributed by atoms with Crippen LogP contribution in [0.25, 0.3) is 10.8 Å². The van der Waals surface area contributed by atoms with E-state index >= 15 is 0 Å². The van der Waals surface area contributed by atoms with Gasteiger partial charge in [0, 0.05) is 28.1 Å². The van der Waals surface area contributed by atoms with Gasteiger partial charge in [0.2, 0.25) is 0 Å². The fourth-order valence-corrected chi connectivity index (χ4v) is 1.36. The maximum Gasteiger partial charge on any atom is 0.0456 e. The van der Waals surface area contributed by atoms with Crippen molar-refractivity contribution < 1.29 is 0 Å². The Morgan fingerprint density at radius 3 is 2.91 bits per heavy atom. The van der Waals surface area contributed by atoms with Gasteiger partial charge in [-0.3, -0.25) is 4.98 Å². The highest BCUT2D eigenvalue weighted by Gasteiger charge is 1.94. The molecule has 2 heteroatoms. The molecule has 0 bridgehead atoms. The molecule has 0 N–H and O–H groups in total. The average molecular weight is 160 g/mol. The summed E-state index contributed by atoms with van der Waals surface area (Å²) in [5, 5.41) is 2.22. The number of rotatable bonds is 0. The van der Waals surface area contributed by atoms with Gasteiger partial charge in [-0.15, -0.1) is 0 Å². The monoisotopic (exact) mass is 160 g/mol. The lowest BCUT2D eigenvalue weighted by Crippen LogP contribution is -1.75. The fourth-order valence-electron chi connectivity index (χ4n) is 1.09. The first-order valence-corrected chi connectivity index (χ1v) is 3.78. The van der Waals surface area contributed by atoms with Crippen molar-refractivity contribution >= 4 is 23.4 Å². The molecule has 53 valence electrons. The van der Waals surface area contributed by atoms with Crippen LogP contribution in [0.3, 0.4) is 0 Å². The third-order valence-corrected chi connectivity index (χ3v) is 2.00. The zero-order valence-corrected chi connectivity index (χ0v) is 6.64. The Morgan fingerprint density at radius 2 is 2.09 bits per heavy atom. The normalized spacial score (nSPS) is 10.2. The van der Waals surface area contributed by atoms with Crippen LogP contribution in [0.2, 0.25) is 0 Å². The van der Waals surface area contributed by atoms with Crippen molar-refractivity contribution in [2.24, 2.45) is 0 Å². The Labute approximate surface area is 70.5 Å². The van der Waals surface area contributed by atoms with Gasteiger partial charge in [0.25, 0.3) is 0 Å². The Balaban J connectivity index is 2.91. The number of hydrogen-bond donors (Lipinski definition) is 0. The minimum Gasteiger partial charge on any atom is -0.264 e. The number of benzene rings is 1. The van der Waals surface area contributed by atoms with Crippen molar-refractivity contribution in [1.82, 2.24) is 4.98 Å². The summed E-state index contributed by atoms with van der Waals surface area (Å²) in [6, 6.07) is 7.83. The molecule has 0 amide bonds. The average Bonchev–Trinajstić information content (AvgIpc) is 2.06. The molecule has 0 atom stereocenters. The Hall–Kier alpha value is -1.15. The van der Waals surface area contributed by atoms with Crippen molar-refractivity contribution in [3.8, 4) is 0 Å². The van der Waals surface area contributed by atoms with Crippen LogP contribution in [0, 0.1) is 0 Å². The van der Waals surface area contributed by atoms with Gasteiger partial charge in [-0.05, 0) is 12.1 Å². The van der Waals surface area contributed by atoms with E-state index in [1.807, 2.05) is 30.5 Å². The summed E-state index contributed by atoms with van der Waals surface area (Å²) in [6.45, 7) is 0. The summed E-state index contributed by atoms with van der Waals surface area (Å²) >= 11 is 5.13. The van der Waals surface area contributed by atoms with Crippen molar-refractivity contribution in [2.45, 2.75) is 4.90 Å². The molecule has 0 saturated heterocycles. The molecule has 0 spiro atoms. The lowest BCUT2D eigenvalue weighted by Gasteiger charge is -1.96. The molecule has 2 rings (SSSR count). The van der Waals surface area contributed by atoms with Gasteiger partial charge in [0.1, 0.15) is 0 Å². The van der Waals surface area contributed by atoms with Crippen molar-refractivity contribution in [3.63, 3.8) is 0 Å². The molecule has 0 aliphatic carbocycles. The van der Waals surface area contributed by atoms with E-state index < -0.39 is 0 Å². The van der Waals surface area contributed by atoms with E-state index in [9.17, 15) is 0 Å².